The molecule has 18 heavy (non-hydrogen) atoms. The number of nitrogens with one attached hydrogen (secondary N) is 1. The fraction of sp³-hybridized carbons (Fsp3) is 0.533. The highest BCUT2D eigenvalue weighted by Gasteiger charge is 2.22. The van der Waals surface area contributed by atoms with E-state index in [0.717, 1.165) is 26.2 Å². The van der Waals surface area contributed by atoms with Gasteiger partial charge >= 0.3 is 0 Å². The first-order valence-electron chi connectivity index (χ1n) is 6.60. The zero-order valence-corrected chi connectivity index (χ0v) is 11.2. The van der Waals surface area contributed by atoms with Gasteiger partial charge in [0.1, 0.15) is 0 Å². The Balaban J connectivity index is 2.25. The van der Waals surface area contributed by atoms with Crippen molar-refractivity contribution in [3.63, 3.8) is 0 Å². The van der Waals surface area contributed by atoms with Crippen LogP contribution in [0.4, 0.5) is 0 Å². The first kappa shape index (κ1) is 13.1. The van der Waals surface area contributed by atoms with Gasteiger partial charge in [0.05, 0.1) is 12.5 Å². The second-order valence-electron chi connectivity index (χ2n) is 5.09. The monoisotopic (exact) mass is 243 g/mol. The van der Waals surface area contributed by atoms with Crippen LogP contribution in [0.2, 0.25) is 0 Å². The van der Waals surface area contributed by atoms with E-state index < -0.39 is 0 Å². The molecule has 1 heterocycles. The van der Waals surface area contributed by atoms with Gasteiger partial charge in [-0.05, 0) is 19.4 Å². The van der Waals surface area contributed by atoms with Gasteiger partial charge in [-0.15, -0.1) is 0 Å². The van der Waals surface area contributed by atoms with E-state index in [-0.39, 0.29) is 6.04 Å². The molecule has 0 amide bonds. The van der Waals surface area contributed by atoms with Crippen molar-refractivity contribution in [2.45, 2.75) is 26.3 Å². The molecule has 0 radical (unpaired) electrons. The Hall–Kier alpha value is -1.37. The van der Waals surface area contributed by atoms with Crippen molar-refractivity contribution in [3.8, 4) is 6.07 Å². The van der Waals surface area contributed by atoms with Gasteiger partial charge in [0.2, 0.25) is 0 Å². The summed E-state index contributed by atoms with van der Waals surface area (Å²) in [6.45, 7) is 8.34. The lowest BCUT2D eigenvalue weighted by Gasteiger charge is -2.34. The Morgan fingerprint density at radius 1 is 1.22 bits per heavy atom. The molecule has 0 aliphatic carbocycles. The van der Waals surface area contributed by atoms with Crippen LogP contribution in [0, 0.1) is 25.2 Å². The second-order valence-corrected chi connectivity index (χ2v) is 5.09. The van der Waals surface area contributed by atoms with Crippen molar-refractivity contribution < 1.29 is 0 Å². The number of nitriles is 1. The molecule has 0 saturated carbocycles. The topological polar surface area (TPSA) is 39.1 Å². The molecule has 1 N–H and O–H groups in total. The maximum atomic E-state index is 9.07. The van der Waals surface area contributed by atoms with E-state index in [2.05, 4.69) is 48.3 Å². The van der Waals surface area contributed by atoms with Crippen LogP contribution in [-0.4, -0.2) is 31.1 Å². The third-order valence-corrected chi connectivity index (χ3v) is 3.51. The normalized spacial score (nSPS) is 18.3. The lowest BCUT2D eigenvalue weighted by molar-refractivity contribution is 0.175. The van der Waals surface area contributed by atoms with Crippen LogP contribution in [0.15, 0.2) is 18.2 Å². The lowest BCUT2D eigenvalue weighted by atomic mass is 9.98. The predicted molar refractivity (Wildman–Crippen MR) is 73.3 cm³/mol. The zero-order chi connectivity index (χ0) is 13.0. The van der Waals surface area contributed by atoms with E-state index in [9.17, 15) is 0 Å². The fourth-order valence-electron chi connectivity index (χ4n) is 2.74. The smallest absolute Gasteiger partial charge is 0.0641 e. The number of hydrogen-bond acceptors (Lipinski definition) is 3. The molecule has 1 aliphatic rings. The van der Waals surface area contributed by atoms with E-state index >= 15 is 0 Å². The number of aryl methyl sites for hydroxylation is 2. The molecule has 1 aromatic carbocycles. The highest BCUT2D eigenvalue weighted by Crippen LogP contribution is 2.26. The van der Waals surface area contributed by atoms with E-state index in [1.54, 1.807) is 0 Å². The van der Waals surface area contributed by atoms with Gasteiger partial charge in [-0.2, -0.15) is 5.26 Å². The fourth-order valence-corrected chi connectivity index (χ4v) is 2.74. The van der Waals surface area contributed by atoms with Gasteiger partial charge in [0, 0.05) is 32.2 Å². The maximum Gasteiger partial charge on any atom is 0.0641 e. The summed E-state index contributed by atoms with van der Waals surface area (Å²) in [6, 6.07) is 9.21. The number of rotatable bonds is 3. The maximum absolute atomic E-state index is 9.07. The Kier molecular flexibility index (Phi) is 4.35. The molecule has 3 nitrogen and oxygen atoms in total. The molecule has 1 aliphatic heterocycles. The Morgan fingerprint density at radius 2 is 1.83 bits per heavy atom. The van der Waals surface area contributed by atoms with Crippen molar-refractivity contribution in [2.75, 3.05) is 26.2 Å². The van der Waals surface area contributed by atoms with Gasteiger partial charge in [0.25, 0.3) is 0 Å². The van der Waals surface area contributed by atoms with Gasteiger partial charge < -0.3 is 5.32 Å². The van der Waals surface area contributed by atoms with Crippen molar-refractivity contribution in [1.29, 1.82) is 5.26 Å². The molecule has 1 aromatic rings. The molecule has 1 atom stereocenters. The predicted octanol–water partition coefficient (Wildman–Crippen LogP) is 2.16. The van der Waals surface area contributed by atoms with Crippen LogP contribution in [0.1, 0.15) is 29.2 Å². The third kappa shape index (κ3) is 3.10. The van der Waals surface area contributed by atoms with E-state index in [4.69, 9.17) is 5.26 Å². The van der Waals surface area contributed by atoms with Gasteiger partial charge in [-0.1, -0.05) is 29.3 Å². The first-order valence-corrected chi connectivity index (χ1v) is 6.60. The molecule has 0 unspecified atom stereocenters. The van der Waals surface area contributed by atoms with E-state index in [1.807, 2.05) is 0 Å². The number of hydrogen-bond donors (Lipinski definition) is 1. The molecule has 2 rings (SSSR count). The SMILES string of the molecule is Cc1cc(C)cc([C@@H](CC#N)N2CCNCC2)c1. The van der Waals surface area contributed by atoms with Crippen LogP contribution in [0.25, 0.3) is 0 Å². The van der Waals surface area contributed by atoms with Crippen molar-refractivity contribution in [1.82, 2.24) is 10.2 Å². The van der Waals surface area contributed by atoms with Gasteiger partial charge in [0.15, 0.2) is 0 Å². The second kappa shape index (κ2) is 5.99. The molecule has 3 heteroatoms. The number of benzene rings is 1. The number of piperazine rings is 1. The van der Waals surface area contributed by atoms with Crippen molar-refractivity contribution in [3.05, 3.63) is 34.9 Å². The van der Waals surface area contributed by atoms with Gasteiger partial charge in [-0.25, -0.2) is 0 Å². The highest BCUT2D eigenvalue weighted by atomic mass is 15.2. The summed E-state index contributed by atoms with van der Waals surface area (Å²) < 4.78 is 0. The summed E-state index contributed by atoms with van der Waals surface area (Å²) in [7, 11) is 0. The minimum absolute atomic E-state index is 0.246. The van der Waals surface area contributed by atoms with Crippen LogP contribution in [-0.2, 0) is 0 Å². The molecular weight excluding hydrogens is 222 g/mol. The molecule has 1 saturated heterocycles. The first-order chi connectivity index (χ1) is 8.70. The largest absolute Gasteiger partial charge is 0.314 e. The highest BCUT2D eigenvalue weighted by molar-refractivity contribution is 5.31. The zero-order valence-electron chi connectivity index (χ0n) is 11.2. The third-order valence-electron chi connectivity index (χ3n) is 3.51. The Labute approximate surface area is 109 Å². The summed E-state index contributed by atoms with van der Waals surface area (Å²) in [6.07, 6.45) is 0.572. The molecule has 1 fully saturated rings. The average molecular weight is 243 g/mol. The average Bonchev–Trinajstić information content (AvgIpc) is 2.36. The molecule has 96 valence electrons. The molecular formula is C15H21N3. The standard InChI is InChI=1S/C15H21N3/c1-12-9-13(2)11-14(10-12)15(3-4-16)18-7-5-17-6-8-18/h9-11,15,17H,3,5-8H2,1-2H3/t15-/m1/s1. The van der Waals surface area contributed by atoms with Crippen LogP contribution >= 0.6 is 0 Å². The summed E-state index contributed by atoms with van der Waals surface area (Å²) in [5.41, 5.74) is 3.85. The summed E-state index contributed by atoms with van der Waals surface area (Å²) >= 11 is 0. The summed E-state index contributed by atoms with van der Waals surface area (Å²) in [5.74, 6) is 0. The summed E-state index contributed by atoms with van der Waals surface area (Å²) in [5, 5.41) is 12.4. The number of nitrogens with zero attached hydrogens (tertiary/aromatic N) is 2. The molecule has 0 spiro atoms. The van der Waals surface area contributed by atoms with Gasteiger partial charge in [-0.3, -0.25) is 4.90 Å². The van der Waals surface area contributed by atoms with Crippen molar-refractivity contribution in [2.24, 2.45) is 0 Å². The summed E-state index contributed by atoms with van der Waals surface area (Å²) in [4.78, 5) is 2.42. The molecule has 0 bridgehead atoms. The van der Waals surface area contributed by atoms with Crippen LogP contribution < -0.4 is 5.32 Å². The Bertz CT molecular complexity index is 421. The van der Waals surface area contributed by atoms with E-state index in [0.29, 0.717) is 6.42 Å². The van der Waals surface area contributed by atoms with Crippen molar-refractivity contribution >= 4 is 0 Å². The quantitative estimate of drug-likeness (QED) is 0.884. The minimum Gasteiger partial charge on any atom is -0.314 e. The Morgan fingerprint density at radius 3 is 2.39 bits per heavy atom. The minimum atomic E-state index is 0.246. The lowest BCUT2D eigenvalue weighted by Crippen LogP contribution is -2.45. The van der Waals surface area contributed by atoms with Crippen LogP contribution in [0.5, 0.6) is 0 Å². The van der Waals surface area contributed by atoms with E-state index in [1.165, 1.54) is 16.7 Å². The molecule has 0 aromatic heterocycles. The van der Waals surface area contributed by atoms with Crippen LogP contribution in [0.3, 0.4) is 0 Å².